The molecular weight excluding hydrogens is 306 g/mol. The Morgan fingerprint density at radius 2 is 2.00 bits per heavy atom. The summed E-state index contributed by atoms with van der Waals surface area (Å²) in [6, 6.07) is 16.6. The van der Waals surface area contributed by atoms with E-state index in [4.69, 9.17) is 9.47 Å². The van der Waals surface area contributed by atoms with Gasteiger partial charge in [0.25, 0.3) is 0 Å². The highest BCUT2D eigenvalue weighted by molar-refractivity contribution is 6.10. The van der Waals surface area contributed by atoms with Gasteiger partial charge in [-0.15, -0.1) is 0 Å². The van der Waals surface area contributed by atoms with Crippen LogP contribution in [0.2, 0.25) is 0 Å². The Kier molecular flexibility index (Phi) is 3.23. The summed E-state index contributed by atoms with van der Waals surface area (Å²) >= 11 is 0. The van der Waals surface area contributed by atoms with E-state index in [9.17, 15) is 9.59 Å². The maximum absolute atomic E-state index is 12.4. The van der Waals surface area contributed by atoms with E-state index < -0.39 is 5.54 Å². The molecule has 5 heteroatoms. The van der Waals surface area contributed by atoms with Gasteiger partial charge < -0.3 is 9.47 Å². The third-order valence-electron chi connectivity index (χ3n) is 4.32. The van der Waals surface area contributed by atoms with Crippen LogP contribution in [0, 0.1) is 0 Å². The Bertz CT molecular complexity index is 859. The first-order valence-electron chi connectivity index (χ1n) is 7.74. The molecule has 0 saturated heterocycles. The molecule has 0 amide bonds. The molecule has 2 atom stereocenters. The minimum absolute atomic E-state index is 0.0540. The monoisotopic (exact) mass is 321 g/mol. The zero-order valence-electron chi connectivity index (χ0n) is 13.1. The highest BCUT2D eigenvalue weighted by atomic mass is 16.6. The summed E-state index contributed by atoms with van der Waals surface area (Å²) in [6.07, 6.45) is 0.603. The normalized spacial score (nSPS) is 24.5. The maximum atomic E-state index is 12.4. The molecule has 2 aliphatic rings. The highest BCUT2D eigenvalue weighted by Crippen LogP contribution is 2.57. The second-order valence-corrected chi connectivity index (χ2v) is 6.02. The average Bonchev–Trinajstić information content (AvgIpc) is 3.21. The minimum atomic E-state index is -0.833. The Morgan fingerprint density at radius 1 is 1.21 bits per heavy atom. The molecule has 2 aromatic rings. The zero-order chi connectivity index (χ0) is 16.7. The quantitative estimate of drug-likeness (QED) is 0.644. The van der Waals surface area contributed by atoms with Crippen LogP contribution >= 0.6 is 0 Å². The van der Waals surface area contributed by atoms with E-state index in [1.807, 2.05) is 42.5 Å². The summed E-state index contributed by atoms with van der Waals surface area (Å²) < 4.78 is 10.5. The summed E-state index contributed by atoms with van der Waals surface area (Å²) in [7, 11) is 0. The Morgan fingerprint density at radius 3 is 2.75 bits per heavy atom. The molecule has 1 aliphatic carbocycles. The minimum Gasteiger partial charge on any atom is -0.427 e. The zero-order valence-corrected chi connectivity index (χ0v) is 13.1. The number of ether oxygens (including phenoxy) is 2. The third-order valence-corrected chi connectivity index (χ3v) is 4.32. The van der Waals surface area contributed by atoms with Gasteiger partial charge in [0.15, 0.2) is 5.54 Å². The van der Waals surface area contributed by atoms with Gasteiger partial charge in [-0.25, -0.2) is 9.79 Å². The summed E-state index contributed by atoms with van der Waals surface area (Å²) in [5.74, 6) is 0.105. The van der Waals surface area contributed by atoms with Crippen molar-refractivity contribution in [3.63, 3.8) is 0 Å². The van der Waals surface area contributed by atoms with Crippen molar-refractivity contribution in [2.24, 2.45) is 4.99 Å². The molecule has 120 valence electrons. The molecule has 1 aliphatic heterocycles. The highest BCUT2D eigenvalue weighted by Gasteiger charge is 2.65. The number of carbonyl (C=O) groups is 2. The fraction of sp³-hybridized carbons (Fsp3) is 0.211. The van der Waals surface area contributed by atoms with E-state index in [2.05, 4.69) is 4.99 Å². The van der Waals surface area contributed by atoms with Gasteiger partial charge in [-0.05, 0) is 36.2 Å². The molecule has 1 heterocycles. The lowest BCUT2D eigenvalue weighted by atomic mass is 10.1. The number of hydrogen-bond donors (Lipinski definition) is 0. The third kappa shape index (κ3) is 2.38. The van der Waals surface area contributed by atoms with E-state index in [1.165, 1.54) is 6.92 Å². The molecule has 0 aromatic heterocycles. The van der Waals surface area contributed by atoms with Crippen LogP contribution in [0.25, 0.3) is 0 Å². The van der Waals surface area contributed by atoms with Crippen molar-refractivity contribution in [1.82, 2.24) is 0 Å². The average molecular weight is 321 g/mol. The molecule has 0 radical (unpaired) electrons. The van der Waals surface area contributed by atoms with Crippen LogP contribution in [0.1, 0.15) is 30.4 Å². The first-order chi connectivity index (χ1) is 11.6. The van der Waals surface area contributed by atoms with Gasteiger partial charge in [0.2, 0.25) is 5.90 Å². The standard InChI is InChI=1S/C19H15NO4/c1-12(21)23-15-9-5-8-14(10-15)16-11-19(16)18(22)24-17(20-19)13-6-3-2-4-7-13/h2-10,16H,11H2,1H3/t16-,19?/m1/s1. The second-order valence-electron chi connectivity index (χ2n) is 6.02. The smallest absolute Gasteiger partial charge is 0.341 e. The number of nitrogens with zero attached hydrogens (tertiary/aromatic N) is 1. The van der Waals surface area contributed by atoms with Crippen molar-refractivity contribution >= 4 is 17.8 Å². The Hall–Kier alpha value is -2.95. The first-order valence-corrected chi connectivity index (χ1v) is 7.74. The number of esters is 2. The lowest BCUT2D eigenvalue weighted by molar-refractivity contribution is -0.136. The molecule has 1 spiro atoms. The van der Waals surface area contributed by atoms with Gasteiger partial charge in [-0.1, -0.05) is 30.3 Å². The van der Waals surface area contributed by atoms with Crippen LogP contribution in [0.3, 0.4) is 0 Å². The van der Waals surface area contributed by atoms with E-state index in [1.54, 1.807) is 12.1 Å². The number of rotatable bonds is 3. The number of aliphatic imine (C=N–C) groups is 1. The predicted molar refractivity (Wildman–Crippen MR) is 86.9 cm³/mol. The molecule has 1 saturated carbocycles. The summed E-state index contributed by atoms with van der Waals surface area (Å²) in [6.45, 7) is 1.36. The molecular formula is C19H15NO4. The van der Waals surface area contributed by atoms with Gasteiger partial charge in [-0.3, -0.25) is 4.79 Å². The molecule has 0 N–H and O–H groups in total. The van der Waals surface area contributed by atoms with Crippen molar-refractivity contribution in [2.75, 3.05) is 0 Å². The Balaban J connectivity index is 1.62. The van der Waals surface area contributed by atoms with Crippen molar-refractivity contribution in [3.05, 3.63) is 65.7 Å². The lowest BCUT2D eigenvalue weighted by Gasteiger charge is -2.05. The summed E-state index contributed by atoms with van der Waals surface area (Å²) in [5.41, 5.74) is 0.880. The van der Waals surface area contributed by atoms with Crippen LogP contribution in [-0.4, -0.2) is 23.4 Å². The molecule has 4 rings (SSSR count). The van der Waals surface area contributed by atoms with Gasteiger partial charge in [-0.2, -0.15) is 0 Å². The topological polar surface area (TPSA) is 65.0 Å². The SMILES string of the molecule is CC(=O)Oc1cccc([C@H]2CC23N=C(c2ccccc2)OC3=O)c1. The number of benzene rings is 2. The van der Waals surface area contributed by atoms with Crippen molar-refractivity contribution in [2.45, 2.75) is 24.8 Å². The molecule has 2 aromatic carbocycles. The van der Waals surface area contributed by atoms with Gasteiger partial charge in [0, 0.05) is 18.4 Å². The van der Waals surface area contributed by atoms with Crippen molar-refractivity contribution in [3.8, 4) is 5.75 Å². The summed E-state index contributed by atoms with van der Waals surface area (Å²) in [5, 5.41) is 0. The largest absolute Gasteiger partial charge is 0.427 e. The van der Waals surface area contributed by atoms with Crippen LogP contribution in [0.4, 0.5) is 0 Å². The molecule has 1 unspecified atom stereocenters. The van der Waals surface area contributed by atoms with Crippen LogP contribution in [-0.2, 0) is 14.3 Å². The number of carbonyl (C=O) groups excluding carboxylic acids is 2. The fourth-order valence-electron chi connectivity index (χ4n) is 3.09. The molecule has 5 nitrogen and oxygen atoms in total. The van der Waals surface area contributed by atoms with Crippen molar-refractivity contribution in [1.29, 1.82) is 0 Å². The maximum Gasteiger partial charge on any atom is 0.341 e. The number of cyclic esters (lactones) is 1. The Labute approximate surface area is 138 Å². The van der Waals surface area contributed by atoms with Gasteiger partial charge in [0.1, 0.15) is 5.75 Å². The lowest BCUT2D eigenvalue weighted by Crippen LogP contribution is -2.18. The van der Waals surface area contributed by atoms with Gasteiger partial charge in [0.05, 0.1) is 0 Å². The number of hydrogen-bond acceptors (Lipinski definition) is 5. The molecule has 1 fully saturated rings. The predicted octanol–water partition coefficient (Wildman–Crippen LogP) is 2.84. The fourth-order valence-corrected chi connectivity index (χ4v) is 3.09. The first kappa shape index (κ1) is 14.6. The van der Waals surface area contributed by atoms with Crippen LogP contribution < -0.4 is 4.74 Å². The van der Waals surface area contributed by atoms with Crippen LogP contribution in [0.5, 0.6) is 5.75 Å². The van der Waals surface area contributed by atoms with Crippen LogP contribution in [0.15, 0.2) is 59.6 Å². The van der Waals surface area contributed by atoms with E-state index in [0.29, 0.717) is 18.1 Å². The van der Waals surface area contributed by atoms with E-state index in [0.717, 1.165) is 11.1 Å². The van der Waals surface area contributed by atoms with Gasteiger partial charge >= 0.3 is 11.9 Å². The van der Waals surface area contributed by atoms with Crippen molar-refractivity contribution < 1.29 is 19.1 Å². The molecule has 24 heavy (non-hydrogen) atoms. The molecule has 0 bridgehead atoms. The van der Waals surface area contributed by atoms with E-state index in [-0.39, 0.29) is 17.9 Å². The van der Waals surface area contributed by atoms with E-state index >= 15 is 0 Å². The summed E-state index contributed by atoms with van der Waals surface area (Å²) in [4.78, 5) is 28.0. The second kappa shape index (κ2) is 5.30.